The van der Waals surface area contributed by atoms with Crippen LogP contribution in [0, 0.1) is 10.8 Å². The number of amides is 2. The Morgan fingerprint density at radius 3 is 2.38 bits per heavy atom. The molecule has 0 atom stereocenters. The van der Waals surface area contributed by atoms with Gasteiger partial charge in [0.15, 0.2) is 0 Å². The SMILES string of the molecule is N=C/C=C\C(=N)C(=O)ON1C(=O)CCC1=O. The minimum absolute atomic E-state index is 0.00971. The topological polar surface area (TPSA) is 111 Å². The second-order valence-corrected chi connectivity index (χ2v) is 2.90. The van der Waals surface area contributed by atoms with E-state index < -0.39 is 23.5 Å². The lowest BCUT2D eigenvalue weighted by Crippen LogP contribution is -2.34. The Kier molecular flexibility index (Phi) is 3.65. The highest BCUT2D eigenvalue weighted by molar-refractivity contribution is 6.40. The molecule has 84 valence electrons. The van der Waals surface area contributed by atoms with Gasteiger partial charge in [0.05, 0.1) is 0 Å². The van der Waals surface area contributed by atoms with E-state index in [1.54, 1.807) is 0 Å². The zero-order valence-electron chi connectivity index (χ0n) is 8.23. The molecule has 1 fully saturated rings. The highest BCUT2D eigenvalue weighted by Gasteiger charge is 2.33. The predicted molar refractivity (Wildman–Crippen MR) is 52.8 cm³/mol. The number of imide groups is 1. The summed E-state index contributed by atoms with van der Waals surface area (Å²) in [6.07, 6.45) is 3.08. The van der Waals surface area contributed by atoms with E-state index in [1.807, 2.05) is 0 Å². The van der Waals surface area contributed by atoms with Crippen LogP contribution >= 0.6 is 0 Å². The maximum Gasteiger partial charge on any atom is 0.381 e. The Bertz CT molecular complexity index is 384. The number of carbonyl (C=O) groups is 3. The van der Waals surface area contributed by atoms with Gasteiger partial charge in [-0.2, -0.15) is 0 Å². The predicted octanol–water partition coefficient (Wildman–Crippen LogP) is -0.181. The van der Waals surface area contributed by atoms with Gasteiger partial charge in [-0.3, -0.25) is 15.0 Å². The van der Waals surface area contributed by atoms with Gasteiger partial charge in [-0.05, 0) is 12.2 Å². The van der Waals surface area contributed by atoms with Gasteiger partial charge in [0.2, 0.25) is 0 Å². The molecule has 1 heterocycles. The van der Waals surface area contributed by atoms with Crippen molar-refractivity contribution in [3.05, 3.63) is 12.2 Å². The van der Waals surface area contributed by atoms with Crippen LogP contribution in [-0.4, -0.2) is 34.8 Å². The van der Waals surface area contributed by atoms with E-state index in [2.05, 4.69) is 4.84 Å². The van der Waals surface area contributed by atoms with Crippen LogP contribution in [0.25, 0.3) is 0 Å². The smallest absolute Gasteiger partial charge is 0.323 e. The molecule has 0 saturated carbocycles. The summed E-state index contributed by atoms with van der Waals surface area (Å²) in [7, 11) is 0. The summed E-state index contributed by atoms with van der Waals surface area (Å²) in [4.78, 5) is 37.7. The summed E-state index contributed by atoms with van der Waals surface area (Å²) < 4.78 is 0. The van der Waals surface area contributed by atoms with E-state index in [0.29, 0.717) is 5.06 Å². The Hall–Kier alpha value is -2.31. The Morgan fingerprint density at radius 2 is 1.88 bits per heavy atom. The standard InChI is InChI=1S/C9H9N3O4/c10-5-1-2-6(11)9(15)16-12-7(13)3-4-8(12)14/h1-2,5,10-11H,3-4H2/b2-1-,10-5?,11-6?. The highest BCUT2D eigenvalue weighted by Crippen LogP contribution is 2.12. The van der Waals surface area contributed by atoms with Crippen molar-refractivity contribution in [3.8, 4) is 0 Å². The number of carbonyl (C=O) groups excluding carboxylic acids is 3. The Morgan fingerprint density at radius 1 is 1.31 bits per heavy atom. The van der Waals surface area contributed by atoms with Crippen molar-refractivity contribution < 1.29 is 19.2 Å². The van der Waals surface area contributed by atoms with Gasteiger partial charge in [-0.15, -0.1) is 5.06 Å². The van der Waals surface area contributed by atoms with Gasteiger partial charge in [-0.1, -0.05) is 0 Å². The number of hydroxylamine groups is 2. The van der Waals surface area contributed by atoms with Crippen molar-refractivity contribution in [2.24, 2.45) is 0 Å². The largest absolute Gasteiger partial charge is 0.381 e. The molecule has 0 aromatic carbocycles. The minimum atomic E-state index is -1.11. The zero-order chi connectivity index (χ0) is 12.1. The molecule has 0 unspecified atom stereocenters. The molecule has 2 amide bonds. The third-order valence-electron chi connectivity index (χ3n) is 1.76. The molecule has 0 aliphatic carbocycles. The van der Waals surface area contributed by atoms with Crippen molar-refractivity contribution in [2.75, 3.05) is 0 Å². The number of hydrogen-bond donors (Lipinski definition) is 2. The van der Waals surface area contributed by atoms with Gasteiger partial charge in [0, 0.05) is 19.1 Å². The molecule has 0 radical (unpaired) electrons. The third kappa shape index (κ3) is 2.59. The van der Waals surface area contributed by atoms with Crippen LogP contribution in [0.4, 0.5) is 0 Å². The molecule has 7 heteroatoms. The van der Waals surface area contributed by atoms with Crippen LogP contribution < -0.4 is 0 Å². The molecule has 16 heavy (non-hydrogen) atoms. The zero-order valence-corrected chi connectivity index (χ0v) is 8.23. The molecule has 0 aromatic heterocycles. The molecule has 1 aliphatic heterocycles. The fraction of sp³-hybridized carbons (Fsp3) is 0.222. The molecule has 1 rings (SSSR count). The highest BCUT2D eigenvalue weighted by atomic mass is 16.7. The van der Waals surface area contributed by atoms with Crippen molar-refractivity contribution in [1.29, 1.82) is 10.8 Å². The van der Waals surface area contributed by atoms with Crippen LogP contribution in [0.5, 0.6) is 0 Å². The lowest BCUT2D eigenvalue weighted by atomic mass is 10.3. The minimum Gasteiger partial charge on any atom is -0.323 e. The monoisotopic (exact) mass is 223 g/mol. The summed E-state index contributed by atoms with van der Waals surface area (Å²) in [5.41, 5.74) is -0.545. The van der Waals surface area contributed by atoms with Crippen molar-refractivity contribution in [1.82, 2.24) is 5.06 Å². The second-order valence-electron chi connectivity index (χ2n) is 2.90. The first-order valence-corrected chi connectivity index (χ1v) is 4.40. The van der Waals surface area contributed by atoms with Gasteiger partial charge in [0.1, 0.15) is 5.71 Å². The number of allylic oxidation sites excluding steroid dienone is 1. The van der Waals surface area contributed by atoms with Gasteiger partial charge in [0.25, 0.3) is 11.8 Å². The molecule has 2 N–H and O–H groups in total. The van der Waals surface area contributed by atoms with Gasteiger partial charge < -0.3 is 10.2 Å². The first-order valence-electron chi connectivity index (χ1n) is 4.40. The summed E-state index contributed by atoms with van der Waals surface area (Å²) in [6, 6.07) is 0. The van der Waals surface area contributed by atoms with E-state index >= 15 is 0 Å². The van der Waals surface area contributed by atoms with E-state index in [-0.39, 0.29) is 12.8 Å². The first-order chi connectivity index (χ1) is 7.56. The summed E-state index contributed by atoms with van der Waals surface area (Å²) in [5.74, 6) is -2.30. The molecule has 0 aromatic rings. The van der Waals surface area contributed by atoms with E-state index in [0.717, 1.165) is 18.4 Å². The van der Waals surface area contributed by atoms with Crippen LogP contribution in [0.3, 0.4) is 0 Å². The maximum atomic E-state index is 11.2. The molecule has 0 spiro atoms. The molecular weight excluding hydrogens is 214 g/mol. The quantitative estimate of drug-likeness (QED) is 0.508. The lowest BCUT2D eigenvalue weighted by molar-refractivity contribution is -0.192. The normalized spacial score (nSPS) is 15.6. The maximum absolute atomic E-state index is 11.2. The molecule has 1 saturated heterocycles. The Balaban J connectivity index is 2.60. The molecular formula is C9H9N3O4. The van der Waals surface area contributed by atoms with Crippen LogP contribution in [0.15, 0.2) is 12.2 Å². The number of rotatable bonds is 4. The first kappa shape index (κ1) is 11.8. The summed E-state index contributed by atoms with van der Waals surface area (Å²) in [5, 5.41) is 14.2. The second kappa shape index (κ2) is 4.96. The molecule has 1 aliphatic rings. The summed E-state index contributed by atoms with van der Waals surface area (Å²) in [6.45, 7) is 0. The molecule has 0 bridgehead atoms. The Labute approximate surface area is 90.6 Å². The van der Waals surface area contributed by atoms with Crippen LogP contribution in [-0.2, 0) is 19.2 Å². The lowest BCUT2D eigenvalue weighted by Gasteiger charge is -2.11. The van der Waals surface area contributed by atoms with Crippen molar-refractivity contribution >= 4 is 29.7 Å². The fourth-order valence-corrected chi connectivity index (χ4v) is 1.00. The van der Waals surface area contributed by atoms with E-state index in [4.69, 9.17) is 10.8 Å². The van der Waals surface area contributed by atoms with Crippen molar-refractivity contribution in [2.45, 2.75) is 12.8 Å². The summed E-state index contributed by atoms with van der Waals surface area (Å²) >= 11 is 0. The van der Waals surface area contributed by atoms with E-state index in [9.17, 15) is 14.4 Å². The van der Waals surface area contributed by atoms with E-state index in [1.165, 1.54) is 0 Å². The average Bonchev–Trinajstić information content (AvgIpc) is 2.57. The average molecular weight is 223 g/mol. The number of nitrogens with one attached hydrogen (secondary N) is 2. The van der Waals surface area contributed by atoms with Gasteiger partial charge >= 0.3 is 5.97 Å². The fourth-order valence-electron chi connectivity index (χ4n) is 1.00. The van der Waals surface area contributed by atoms with Crippen molar-refractivity contribution in [3.63, 3.8) is 0 Å². The van der Waals surface area contributed by atoms with Gasteiger partial charge in [-0.25, -0.2) is 4.79 Å². The third-order valence-corrected chi connectivity index (χ3v) is 1.76. The number of hydrogen-bond acceptors (Lipinski definition) is 6. The number of nitrogens with zero attached hydrogens (tertiary/aromatic N) is 1. The van der Waals surface area contributed by atoms with Crippen LogP contribution in [0.2, 0.25) is 0 Å². The van der Waals surface area contributed by atoms with Crippen LogP contribution in [0.1, 0.15) is 12.8 Å². The molecule has 7 nitrogen and oxygen atoms in total.